The first-order chi connectivity index (χ1) is 11.2. The van der Waals surface area contributed by atoms with Gasteiger partial charge in [0.2, 0.25) is 11.8 Å². The van der Waals surface area contributed by atoms with Crippen molar-refractivity contribution in [1.29, 1.82) is 0 Å². The van der Waals surface area contributed by atoms with E-state index in [1.54, 1.807) is 0 Å². The minimum Gasteiger partial charge on any atom is -0.424 e. The van der Waals surface area contributed by atoms with Crippen LogP contribution in [0.5, 0.6) is 0 Å². The van der Waals surface area contributed by atoms with Crippen LogP contribution in [0, 0.1) is 5.92 Å². The van der Waals surface area contributed by atoms with Crippen LogP contribution in [0.25, 0.3) is 0 Å². The maximum atomic E-state index is 5.93. The number of hydrogen-bond acceptors (Lipinski definition) is 7. The van der Waals surface area contributed by atoms with E-state index >= 15 is 0 Å². The van der Waals surface area contributed by atoms with Gasteiger partial charge in [-0.15, -0.1) is 10.2 Å². The molecule has 0 aliphatic carbocycles. The maximum Gasteiger partial charge on any atom is 0.230 e. The Hall–Kier alpha value is -1.02. The van der Waals surface area contributed by atoms with Crippen molar-refractivity contribution >= 4 is 0 Å². The second-order valence-corrected chi connectivity index (χ2v) is 6.71. The maximum absolute atomic E-state index is 5.93. The minimum absolute atomic E-state index is 0.524. The molecular formula is C16H27N3O4. The number of rotatable bonds is 7. The highest BCUT2D eigenvalue weighted by molar-refractivity contribution is 4.90. The molecule has 0 unspecified atom stereocenters. The normalized spacial score (nSPS) is 22.0. The molecule has 3 heterocycles. The third kappa shape index (κ3) is 4.73. The molecule has 0 N–H and O–H groups in total. The number of nitrogens with zero attached hydrogens (tertiary/aromatic N) is 3. The van der Waals surface area contributed by atoms with Crippen LogP contribution in [0.3, 0.4) is 0 Å². The van der Waals surface area contributed by atoms with E-state index in [2.05, 4.69) is 10.2 Å². The molecule has 0 amide bonds. The molecule has 2 aliphatic heterocycles. The van der Waals surface area contributed by atoms with Gasteiger partial charge in [0.25, 0.3) is 0 Å². The standard InChI is InChI=1S/C16H27N3O4/c1-19(2)12-15-18-17-14(23-15)11-16(21-9-10-22-16)6-3-13-4-7-20-8-5-13/h13H,3-12H2,1-2H3. The van der Waals surface area contributed by atoms with Gasteiger partial charge in [0.15, 0.2) is 5.79 Å². The molecule has 1 aromatic rings. The fourth-order valence-corrected chi connectivity index (χ4v) is 3.22. The smallest absolute Gasteiger partial charge is 0.230 e. The molecule has 0 atom stereocenters. The van der Waals surface area contributed by atoms with Gasteiger partial charge < -0.3 is 23.5 Å². The summed E-state index contributed by atoms with van der Waals surface area (Å²) >= 11 is 0. The first-order valence-electron chi connectivity index (χ1n) is 8.47. The molecule has 0 bridgehead atoms. The number of aromatic nitrogens is 2. The van der Waals surface area contributed by atoms with E-state index in [0.717, 1.165) is 38.9 Å². The molecule has 2 aliphatic rings. The Morgan fingerprint density at radius 2 is 1.74 bits per heavy atom. The highest BCUT2D eigenvalue weighted by Crippen LogP contribution is 2.32. The van der Waals surface area contributed by atoms with Crippen LogP contribution >= 0.6 is 0 Å². The Morgan fingerprint density at radius 3 is 2.43 bits per heavy atom. The predicted octanol–water partition coefficient (Wildman–Crippen LogP) is 1.62. The largest absolute Gasteiger partial charge is 0.424 e. The Balaban J connectivity index is 1.57. The summed E-state index contributed by atoms with van der Waals surface area (Å²) in [6.45, 7) is 3.65. The molecule has 3 rings (SSSR count). The van der Waals surface area contributed by atoms with Gasteiger partial charge in [-0.3, -0.25) is 0 Å². The van der Waals surface area contributed by atoms with Crippen molar-refractivity contribution in [1.82, 2.24) is 15.1 Å². The van der Waals surface area contributed by atoms with E-state index in [1.807, 2.05) is 19.0 Å². The van der Waals surface area contributed by atoms with Crippen LogP contribution in [-0.4, -0.2) is 61.4 Å². The lowest BCUT2D eigenvalue weighted by Crippen LogP contribution is -2.34. The first-order valence-corrected chi connectivity index (χ1v) is 8.47. The second kappa shape index (κ2) is 7.70. The molecule has 130 valence electrons. The van der Waals surface area contributed by atoms with Crippen LogP contribution < -0.4 is 0 Å². The average Bonchev–Trinajstić information content (AvgIpc) is 3.16. The van der Waals surface area contributed by atoms with Gasteiger partial charge in [0.05, 0.1) is 26.2 Å². The highest BCUT2D eigenvalue weighted by Gasteiger charge is 2.39. The van der Waals surface area contributed by atoms with Crippen molar-refractivity contribution in [3.8, 4) is 0 Å². The topological polar surface area (TPSA) is 69.9 Å². The van der Waals surface area contributed by atoms with Crippen molar-refractivity contribution in [3.63, 3.8) is 0 Å². The van der Waals surface area contributed by atoms with E-state index < -0.39 is 5.79 Å². The quantitative estimate of drug-likeness (QED) is 0.754. The number of hydrogen-bond donors (Lipinski definition) is 0. The molecule has 0 spiro atoms. The third-order valence-electron chi connectivity index (χ3n) is 4.47. The summed E-state index contributed by atoms with van der Waals surface area (Å²) in [7, 11) is 3.95. The molecule has 0 radical (unpaired) electrons. The van der Waals surface area contributed by atoms with E-state index in [1.165, 1.54) is 0 Å². The van der Waals surface area contributed by atoms with E-state index in [4.69, 9.17) is 18.6 Å². The fourth-order valence-electron chi connectivity index (χ4n) is 3.22. The molecule has 0 saturated carbocycles. The Morgan fingerprint density at radius 1 is 1.04 bits per heavy atom. The SMILES string of the molecule is CN(C)Cc1nnc(CC2(CCC3CCOCC3)OCCO2)o1. The van der Waals surface area contributed by atoms with Gasteiger partial charge in [-0.2, -0.15) is 0 Å². The summed E-state index contributed by atoms with van der Waals surface area (Å²) in [6.07, 6.45) is 4.73. The van der Waals surface area contributed by atoms with Crippen LogP contribution in [0.15, 0.2) is 4.42 Å². The third-order valence-corrected chi connectivity index (χ3v) is 4.47. The highest BCUT2D eigenvalue weighted by atomic mass is 16.7. The summed E-state index contributed by atoms with van der Waals surface area (Å²) in [5.41, 5.74) is 0. The summed E-state index contributed by atoms with van der Waals surface area (Å²) in [6, 6.07) is 0. The summed E-state index contributed by atoms with van der Waals surface area (Å²) in [5, 5.41) is 8.24. The summed E-state index contributed by atoms with van der Waals surface area (Å²) in [4.78, 5) is 2.00. The minimum atomic E-state index is -0.597. The second-order valence-electron chi connectivity index (χ2n) is 6.71. The molecule has 1 aromatic heterocycles. The zero-order valence-corrected chi connectivity index (χ0v) is 14.1. The predicted molar refractivity (Wildman–Crippen MR) is 82.8 cm³/mol. The lowest BCUT2D eigenvalue weighted by Gasteiger charge is -2.29. The van der Waals surface area contributed by atoms with Gasteiger partial charge in [-0.25, -0.2) is 0 Å². The van der Waals surface area contributed by atoms with Gasteiger partial charge in [-0.1, -0.05) is 0 Å². The average molecular weight is 325 g/mol. The van der Waals surface area contributed by atoms with Gasteiger partial charge in [-0.05, 0) is 39.3 Å². The van der Waals surface area contributed by atoms with Gasteiger partial charge in [0.1, 0.15) is 0 Å². The lowest BCUT2D eigenvalue weighted by atomic mass is 9.91. The Labute approximate surface area is 137 Å². The fraction of sp³-hybridized carbons (Fsp3) is 0.875. The van der Waals surface area contributed by atoms with Crippen LogP contribution in [0.2, 0.25) is 0 Å². The van der Waals surface area contributed by atoms with Crippen molar-refractivity contribution < 1.29 is 18.6 Å². The van der Waals surface area contributed by atoms with E-state index in [9.17, 15) is 0 Å². The Kier molecular flexibility index (Phi) is 5.63. The van der Waals surface area contributed by atoms with E-state index in [0.29, 0.717) is 43.9 Å². The zero-order valence-electron chi connectivity index (χ0n) is 14.1. The monoisotopic (exact) mass is 325 g/mol. The van der Waals surface area contributed by atoms with Gasteiger partial charge in [0, 0.05) is 19.6 Å². The van der Waals surface area contributed by atoms with Crippen molar-refractivity contribution in [2.24, 2.45) is 5.92 Å². The van der Waals surface area contributed by atoms with Crippen molar-refractivity contribution in [3.05, 3.63) is 11.8 Å². The lowest BCUT2D eigenvalue weighted by molar-refractivity contribution is -0.167. The molecule has 23 heavy (non-hydrogen) atoms. The molecule has 7 nitrogen and oxygen atoms in total. The molecular weight excluding hydrogens is 298 g/mol. The Bertz CT molecular complexity index is 479. The van der Waals surface area contributed by atoms with Crippen LogP contribution in [0.1, 0.15) is 37.5 Å². The molecule has 0 aromatic carbocycles. The van der Waals surface area contributed by atoms with Crippen molar-refractivity contribution in [2.45, 2.75) is 44.4 Å². The van der Waals surface area contributed by atoms with Crippen molar-refractivity contribution in [2.75, 3.05) is 40.5 Å². The van der Waals surface area contributed by atoms with Gasteiger partial charge >= 0.3 is 0 Å². The molecule has 2 fully saturated rings. The number of ether oxygens (including phenoxy) is 3. The van der Waals surface area contributed by atoms with E-state index in [-0.39, 0.29) is 0 Å². The molecule has 7 heteroatoms. The van der Waals surface area contributed by atoms with Crippen LogP contribution in [-0.2, 0) is 27.2 Å². The molecule has 2 saturated heterocycles. The summed E-state index contributed by atoms with van der Waals surface area (Å²) in [5.74, 6) is 1.32. The zero-order chi connectivity index (χ0) is 16.1. The summed E-state index contributed by atoms with van der Waals surface area (Å²) < 4.78 is 23.0. The first kappa shape index (κ1) is 16.8. The van der Waals surface area contributed by atoms with Crippen LogP contribution in [0.4, 0.5) is 0 Å².